The maximum Gasteiger partial charge on any atom is 0.271 e. The minimum Gasteiger partial charge on any atom is -0.369 e. The molecule has 6 nitrogen and oxygen atoms in total. The van der Waals surface area contributed by atoms with Crippen molar-refractivity contribution >= 4 is 48.0 Å². The number of aryl methyl sites for hydroxylation is 2. The highest BCUT2D eigenvalue weighted by molar-refractivity contribution is 6.30. The van der Waals surface area contributed by atoms with E-state index in [0.717, 1.165) is 63.5 Å². The molecule has 37 heavy (non-hydrogen) atoms. The maximum atomic E-state index is 12.8. The summed E-state index contributed by atoms with van der Waals surface area (Å²) in [6.45, 7) is 12.3. The number of aromatic nitrogens is 2. The van der Waals surface area contributed by atoms with Gasteiger partial charge in [0.05, 0.1) is 0 Å². The molecule has 1 aromatic heterocycles. The van der Waals surface area contributed by atoms with E-state index in [0.29, 0.717) is 17.3 Å². The molecule has 202 valence electrons. The lowest BCUT2D eigenvalue weighted by molar-refractivity contribution is 0.0946. The highest BCUT2D eigenvalue weighted by atomic mass is 35.5. The SMILES string of the molecule is CCCc1nc(C(=O)NCCCN2CCN(c3cccc(C)c3C)CC2)cn1-c1ccc(Cl)cc1.Cl.Cl. The third kappa shape index (κ3) is 7.87. The van der Waals surface area contributed by atoms with Crippen LogP contribution in [-0.2, 0) is 6.42 Å². The minimum absolute atomic E-state index is 0. The molecule has 0 aliphatic carbocycles. The van der Waals surface area contributed by atoms with Gasteiger partial charge in [-0.05, 0) is 74.7 Å². The van der Waals surface area contributed by atoms with Crippen LogP contribution in [0.1, 0.15) is 47.2 Å². The number of imidazole rings is 1. The Hall–Kier alpha value is -2.25. The molecule has 0 radical (unpaired) electrons. The van der Waals surface area contributed by atoms with E-state index in [1.807, 2.05) is 35.0 Å². The maximum absolute atomic E-state index is 12.8. The first kappa shape index (κ1) is 31.0. The van der Waals surface area contributed by atoms with Crippen molar-refractivity contribution in [3.63, 3.8) is 0 Å². The van der Waals surface area contributed by atoms with Crippen molar-refractivity contribution in [3.8, 4) is 5.69 Å². The van der Waals surface area contributed by atoms with Crippen LogP contribution in [0.25, 0.3) is 5.69 Å². The fraction of sp³-hybridized carbons (Fsp3) is 0.429. The number of rotatable bonds is 9. The lowest BCUT2D eigenvalue weighted by atomic mass is 10.1. The number of hydrogen-bond donors (Lipinski definition) is 1. The molecule has 0 spiro atoms. The predicted molar refractivity (Wildman–Crippen MR) is 159 cm³/mol. The van der Waals surface area contributed by atoms with Crippen LogP contribution in [0.3, 0.4) is 0 Å². The number of nitrogens with zero attached hydrogens (tertiary/aromatic N) is 4. The van der Waals surface area contributed by atoms with Gasteiger partial charge < -0.3 is 14.8 Å². The fourth-order valence-electron chi connectivity index (χ4n) is 4.64. The Bertz CT molecular complexity index is 1140. The van der Waals surface area contributed by atoms with E-state index in [1.54, 1.807) is 0 Å². The largest absolute Gasteiger partial charge is 0.369 e. The van der Waals surface area contributed by atoms with Crippen LogP contribution >= 0.6 is 36.4 Å². The summed E-state index contributed by atoms with van der Waals surface area (Å²) in [5.74, 6) is 0.775. The van der Waals surface area contributed by atoms with Crippen molar-refractivity contribution in [2.75, 3.05) is 44.2 Å². The van der Waals surface area contributed by atoms with Gasteiger partial charge in [-0.2, -0.15) is 0 Å². The van der Waals surface area contributed by atoms with Crippen LogP contribution in [-0.4, -0.2) is 59.6 Å². The Kier molecular flexibility index (Phi) is 12.2. The monoisotopic (exact) mass is 565 g/mol. The van der Waals surface area contributed by atoms with Gasteiger partial charge in [0.2, 0.25) is 0 Å². The van der Waals surface area contributed by atoms with Crippen molar-refractivity contribution in [2.45, 2.75) is 40.0 Å². The van der Waals surface area contributed by atoms with Crippen molar-refractivity contribution in [3.05, 3.63) is 76.3 Å². The Morgan fingerprint density at radius 2 is 1.73 bits per heavy atom. The highest BCUT2D eigenvalue weighted by Crippen LogP contribution is 2.24. The van der Waals surface area contributed by atoms with Crippen molar-refractivity contribution in [1.82, 2.24) is 19.8 Å². The number of nitrogens with one attached hydrogen (secondary N) is 1. The van der Waals surface area contributed by atoms with Crippen molar-refractivity contribution < 1.29 is 4.79 Å². The summed E-state index contributed by atoms with van der Waals surface area (Å²) in [4.78, 5) is 22.4. The molecule has 1 fully saturated rings. The minimum atomic E-state index is -0.116. The number of halogens is 3. The second-order valence-corrected chi connectivity index (χ2v) is 9.73. The quantitative estimate of drug-likeness (QED) is 0.329. The molecule has 1 N–H and O–H groups in total. The standard InChI is InChI=1S/C28H36ClN5O.2ClH/c1-4-7-27-31-25(20-34(27)24-12-10-23(29)11-13-24)28(35)30-14-6-15-32-16-18-33(19-17-32)26-9-5-8-21(2)22(26)3;;/h5,8-13,20H,4,6-7,14-19H2,1-3H3,(H,30,35);2*1H. The smallest absolute Gasteiger partial charge is 0.271 e. The lowest BCUT2D eigenvalue weighted by Gasteiger charge is -2.37. The van der Waals surface area contributed by atoms with Crippen LogP contribution in [0.2, 0.25) is 5.02 Å². The summed E-state index contributed by atoms with van der Waals surface area (Å²) in [7, 11) is 0. The van der Waals surface area contributed by atoms with Gasteiger partial charge in [0.1, 0.15) is 11.5 Å². The molecule has 1 aliphatic heterocycles. The van der Waals surface area contributed by atoms with Gasteiger partial charge in [-0.3, -0.25) is 9.69 Å². The van der Waals surface area contributed by atoms with E-state index < -0.39 is 0 Å². The zero-order chi connectivity index (χ0) is 24.8. The van der Waals surface area contributed by atoms with E-state index in [1.165, 1.54) is 16.8 Å². The summed E-state index contributed by atoms with van der Waals surface area (Å²) in [6.07, 6.45) is 4.53. The van der Waals surface area contributed by atoms with Gasteiger partial charge in [0.15, 0.2) is 0 Å². The molecule has 1 saturated heterocycles. The molecule has 4 rings (SSSR count). The Morgan fingerprint density at radius 1 is 1.03 bits per heavy atom. The first-order chi connectivity index (χ1) is 17.0. The van der Waals surface area contributed by atoms with Crippen LogP contribution in [0.5, 0.6) is 0 Å². The number of hydrogen-bond acceptors (Lipinski definition) is 4. The molecular formula is C28H38Cl3N5O. The van der Waals surface area contributed by atoms with Crippen LogP contribution in [0.4, 0.5) is 5.69 Å². The molecule has 2 aromatic carbocycles. The van der Waals surface area contributed by atoms with Crippen LogP contribution in [0.15, 0.2) is 48.7 Å². The fourth-order valence-corrected chi connectivity index (χ4v) is 4.76. The highest BCUT2D eigenvalue weighted by Gasteiger charge is 2.19. The van der Waals surface area contributed by atoms with E-state index in [4.69, 9.17) is 11.6 Å². The molecule has 0 unspecified atom stereocenters. The van der Waals surface area contributed by atoms with E-state index >= 15 is 0 Å². The third-order valence-electron chi connectivity index (χ3n) is 6.82. The van der Waals surface area contributed by atoms with Gasteiger partial charge in [0.25, 0.3) is 5.91 Å². The van der Waals surface area contributed by atoms with Crippen molar-refractivity contribution in [2.24, 2.45) is 0 Å². The second-order valence-electron chi connectivity index (χ2n) is 9.30. The molecule has 3 aromatic rings. The number of carbonyl (C=O) groups is 1. The molecule has 9 heteroatoms. The number of piperazine rings is 1. The van der Waals surface area contributed by atoms with Gasteiger partial charge >= 0.3 is 0 Å². The Labute approximate surface area is 238 Å². The van der Waals surface area contributed by atoms with Gasteiger partial charge in [-0.1, -0.05) is 30.7 Å². The number of anilines is 1. The zero-order valence-corrected chi connectivity index (χ0v) is 24.3. The number of amides is 1. The lowest BCUT2D eigenvalue weighted by Crippen LogP contribution is -2.47. The summed E-state index contributed by atoms with van der Waals surface area (Å²) < 4.78 is 1.99. The predicted octanol–water partition coefficient (Wildman–Crippen LogP) is 5.88. The van der Waals surface area contributed by atoms with Crippen LogP contribution in [0, 0.1) is 13.8 Å². The summed E-state index contributed by atoms with van der Waals surface area (Å²) in [5.41, 5.74) is 5.51. The van der Waals surface area contributed by atoms with E-state index in [9.17, 15) is 4.79 Å². The molecule has 0 atom stereocenters. The molecule has 0 saturated carbocycles. The average molecular weight is 567 g/mol. The molecule has 2 heterocycles. The first-order valence-electron chi connectivity index (χ1n) is 12.6. The molecular weight excluding hydrogens is 529 g/mol. The number of benzene rings is 2. The van der Waals surface area contributed by atoms with E-state index in [-0.39, 0.29) is 30.7 Å². The Balaban J connectivity index is 0.00000241. The molecule has 0 bridgehead atoms. The summed E-state index contributed by atoms with van der Waals surface area (Å²) in [5, 5.41) is 3.75. The normalized spacial score (nSPS) is 13.6. The van der Waals surface area contributed by atoms with Gasteiger partial charge in [-0.15, -0.1) is 24.8 Å². The Morgan fingerprint density at radius 3 is 2.41 bits per heavy atom. The zero-order valence-electron chi connectivity index (χ0n) is 21.9. The second kappa shape index (κ2) is 14.6. The first-order valence-corrected chi connectivity index (χ1v) is 13.0. The van der Waals surface area contributed by atoms with Crippen molar-refractivity contribution in [1.29, 1.82) is 0 Å². The molecule has 1 amide bonds. The van der Waals surface area contributed by atoms with E-state index in [2.05, 4.69) is 59.1 Å². The van der Waals surface area contributed by atoms with Gasteiger partial charge in [-0.25, -0.2) is 4.98 Å². The van der Waals surface area contributed by atoms with Gasteiger partial charge in [0, 0.05) is 61.7 Å². The molecule has 1 aliphatic rings. The summed E-state index contributed by atoms with van der Waals surface area (Å²) >= 11 is 6.03. The summed E-state index contributed by atoms with van der Waals surface area (Å²) in [6, 6.07) is 14.2. The van der Waals surface area contributed by atoms with Crippen LogP contribution < -0.4 is 10.2 Å². The topological polar surface area (TPSA) is 53.4 Å². The average Bonchev–Trinajstić information content (AvgIpc) is 3.29. The third-order valence-corrected chi connectivity index (χ3v) is 7.07. The number of carbonyl (C=O) groups excluding carboxylic acids is 1.